The minimum Gasteiger partial charge on any atom is -0.490 e. The molecule has 166 valence electrons. The Morgan fingerprint density at radius 3 is 2.40 bits per heavy atom. The van der Waals surface area contributed by atoms with Gasteiger partial charge >= 0.3 is 5.97 Å². The Balaban J connectivity index is 1.81. The fourth-order valence-corrected chi connectivity index (χ4v) is 2.93. The van der Waals surface area contributed by atoms with Crippen LogP contribution in [0.1, 0.15) is 50.4 Å². The van der Waals surface area contributed by atoms with Crippen LogP contribution in [0.25, 0.3) is 0 Å². The molecule has 0 aromatic heterocycles. The number of amides is 2. The van der Waals surface area contributed by atoms with Gasteiger partial charge in [-0.1, -0.05) is 6.92 Å². The van der Waals surface area contributed by atoms with Crippen LogP contribution in [0.2, 0.25) is 0 Å². The number of hydrogen-bond donors (Lipinski definition) is 1. The van der Waals surface area contributed by atoms with E-state index in [1.807, 2.05) is 20.8 Å². The standard InChI is InChI=1S/C22H32N2O6/c1-4-11-24(14-16-7-8-16)20(25)15-30-21(26)13-23-22(27)17-9-10-18(28-5-2)19(12-17)29-6-3/h9-10,12,16H,4-8,11,13-15H2,1-3H3,(H,23,27). The molecule has 0 heterocycles. The van der Waals surface area contributed by atoms with Crippen molar-refractivity contribution in [1.82, 2.24) is 10.2 Å². The summed E-state index contributed by atoms with van der Waals surface area (Å²) in [5, 5.41) is 2.51. The van der Waals surface area contributed by atoms with Gasteiger partial charge in [0.15, 0.2) is 18.1 Å². The fraction of sp³-hybridized carbons (Fsp3) is 0.591. The van der Waals surface area contributed by atoms with Crippen LogP contribution >= 0.6 is 0 Å². The lowest BCUT2D eigenvalue weighted by Crippen LogP contribution is -2.38. The number of ether oxygens (including phenoxy) is 3. The fourth-order valence-electron chi connectivity index (χ4n) is 2.93. The highest BCUT2D eigenvalue weighted by Gasteiger charge is 2.26. The van der Waals surface area contributed by atoms with Crippen molar-refractivity contribution in [3.05, 3.63) is 23.8 Å². The Hall–Kier alpha value is -2.77. The summed E-state index contributed by atoms with van der Waals surface area (Å²) in [6, 6.07) is 4.82. The maximum atomic E-state index is 12.3. The molecule has 1 fully saturated rings. The van der Waals surface area contributed by atoms with Gasteiger partial charge in [0.25, 0.3) is 11.8 Å². The summed E-state index contributed by atoms with van der Waals surface area (Å²) in [7, 11) is 0. The van der Waals surface area contributed by atoms with Gasteiger partial charge in [0.05, 0.1) is 13.2 Å². The average Bonchev–Trinajstić information content (AvgIpc) is 3.55. The third kappa shape index (κ3) is 7.57. The van der Waals surface area contributed by atoms with Gasteiger partial charge in [-0.25, -0.2) is 0 Å². The first-order valence-electron chi connectivity index (χ1n) is 10.6. The first-order valence-corrected chi connectivity index (χ1v) is 10.6. The molecule has 0 radical (unpaired) electrons. The zero-order valence-electron chi connectivity index (χ0n) is 18.1. The van der Waals surface area contributed by atoms with Gasteiger partial charge in [-0.05, 0) is 57.2 Å². The molecule has 0 bridgehead atoms. The van der Waals surface area contributed by atoms with Crippen molar-refractivity contribution in [1.29, 1.82) is 0 Å². The van der Waals surface area contributed by atoms with Crippen molar-refractivity contribution in [2.75, 3.05) is 39.5 Å². The van der Waals surface area contributed by atoms with Crippen LogP contribution in [-0.2, 0) is 14.3 Å². The highest BCUT2D eigenvalue weighted by molar-refractivity contribution is 5.96. The Bertz CT molecular complexity index is 732. The van der Waals surface area contributed by atoms with Crippen molar-refractivity contribution in [2.24, 2.45) is 5.92 Å². The highest BCUT2D eigenvalue weighted by Crippen LogP contribution is 2.30. The zero-order chi connectivity index (χ0) is 21.9. The molecular formula is C22H32N2O6. The van der Waals surface area contributed by atoms with Gasteiger partial charge in [0, 0.05) is 18.7 Å². The molecule has 1 aromatic carbocycles. The molecule has 1 N–H and O–H groups in total. The lowest BCUT2D eigenvalue weighted by molar-refractivity contribution is -0.151. The Labute approximate surface area is 177 Å². The summed E-state index contributed by atoms with van der Waals surface area (Å²) in [6.45, 7) is 7.37. The first-order chi connectivity index (χ1) is 14.5. The van der Waals surface area contributed by atoms with Crippen molar-refractivity contribution < 1.29 is 28.6 Å². The van der Waals surface area contributed by atoms with Gasteiger partial charge < -0.3 is 24.4 Å². The van der Waals surface area contributed by atoms with E-state index in [0.717, 1.165) is 25.8 Å². The molecule has 8 heteroatoms. The second kappa shape index (κ2) is 12.0. The van der Waals surface area contributed by atoms with E-state index in [2.05, 4.69) is 5.32 Å². The van der Waals surface area contributed by atoms with Crippen molar-refractivity contribution >= 4 is 17.8 Å². The van der Waals surface area contributed by atoms with E-state index in [4.69, 9.17) is 14.2 Å². The van der Waals surface area contributed by atoms with E-state index < -0.39 is 11.9 Å². The van der Waals surface area contributed by atoms with Crippen molar-refractivity contribution in [3.8, 4) is 11.5 Å². The largest absolute Gasteiger partial charge is 0.490 e. The SMILES string of the molecule is CCCN(CC1CC1)C(=O)COC(=O)CNC(=O)c1ccc(OCC)c(OCC)c1. The summed E-state index contributed by atoms with van der Waals surface area (Å²) in [5.74, 6) is 0.296. The predicted molar refractivity (Wildman–Crippen MR) is 112 cm³/mol. The molecule has 1 aliphatic rings. The van der Waals surface area contributed by atoms with Crippen molar-refractivity contribution in [3.63, 3.8) is 0 Å². The number of esters is 1. The number of benzene rings is 1. The lowest BCUT2D eigenvalue weighted by Gasteiger charge is -2.21. The number of carbonyl (C=O) groups is 3. The molecule has 8 nitrogen and oxygen atoms in total. The molecule has 1 aromatic rings. The highest BCUT2D eigenvalue weighted by atomic mass is 16.5. The van der Waals surface area contributed by atoms with Gasteiger partial charge in [-0.2, -0.15) is 0 Å². The van der Waals surface area contributed by atoms with Gasteiger partial charge in [-0.3, -0.25) is 14.4 Å². The second-order valence-electron chi connectivity index (χ2n) is 7.15. The molecule has 0 saturated heterocycles. The average molecular weight is 421 g/mol. The maximum Gasteiger partial charge on any atom is 0.325 e. The third-order valence-electron chi connectivity index (χ3n) is 4.58. The molecule has 2 amide bonds. The van der Waals surface area contributed by atoms with Crippen LogP contribution in [0.15, 0.2) is 18.2 Å². The minimum atomic E-state index is -0.657. The van der Waals surface area contributed by atoms with E-state index in [-0.39, 0.29) is 19.1 Å². The topological polar surface area (TPSA) is 94.2 Å². The van der Waals surface area contributed by atoms with E-state index in [0.29, 0.717) is 42.7 Å². The van der Waals surface area contributed by atoms with Crippen molar-refractivity contribution in [2.45, 2.75) is 40.0 Å². The Morgan fingerprint density at radius 2 is 1.77 bits per heavy atom. The minimum absolute atomic E-state index is 0.198. The van der Waals surface area contributed by atoms with Gasteiger partial charge in [0.2, 0.25) is 0 Å². The molecule has 2 rings (SSSR count). The molecule has 0 spiro atoms. The second-order valence-corrected chi connectivity index (χ2v) is 7.15. The normalized spacial score (nSPS) is 12.8. The van der Waals surface area contributed by atoms with Crippen LogP contribution in [-0.4, -0.2) is 62.1 Å². The van der Waals surface area contributed by atoms with E-state index in [9.17, 15) is 14.4 Å². The van der Waals surface area contributed by atoms with Gasteiger partial charge in [-0.15, -0.1) is 0 Å². The molecule has 30 heavy (non-hydrogen) atoms. The van der Waals surface area contributed by atoms with E-state index in [1.54, 1.807) is 23.1 Å². The summed E-state index contributed by atoms with van der Waals surface area (Å²) < 4.78 is 16.0. The summed E-state index contributed by atoms with van der Waals surface area (Å²) in [5.41, 5.74) is 0.337. The number of rotatable bonds is 13. The number of hydrogen-bond acceptors (Lipinski definition) is 6. The summed E-state index contributed by atoms with van der Waals surface area (Å²) in [4.78, 5) is 38.3. The van der Waals surface area contributed by atoms with Crippen LogP contribution in [0.5, 0.6) is 11.5 Å². The predicted octanol–water partition coefficient (Wildman–Crippen LogP) is 2.41. The summed E-state index contributed by atoms with van der Waals surface area (Å²) >= 11 is 0. The molecule has 1 aliphatic carbocycles. The van der Waals surface area contributed by atoms with Crippen LogP contribution in [0, 0.1) is 5.92 Å². The zero-order valence-corrected chi connectivity index (χ0v) is 18.1. The number of nitrogens with zero attached hydrogens (tertiary/aromatic N) is 1. The molecule has 0 unspecified atom stereocenters. The van der Waals surface area contributed by atoms with Crippen LogP contribution in [0.3, 0.4) is 0 Å². The molecular weight excluding hydrogens is 388 g/mol. The quantitative estimate of drug-likeness (QED) is 0.493. The van der Waals surface area contributed by atoms with Gasteiger partial charge in [0.1, 0.15) is 6.54 Å². The van der Waals surface area contributed by atoms with Crippen LogP contribution < -0.4 is 14.8 Å². The van der Waals surface area contributed by atoms with Crippen LogP contribution in [0.4, 0.5) is 0 Å². The monoisotopic (exact) mass is 420 g/mol. The molecule has 0 atom stereocenters. The molecule has 0 aliphatic heterocycles. The Kier molecular flexibility index (Phi) is 9.44. The smallest absolute Gasteiger partial charge is 0.325 e. The Morgan fingerprint density at radius 1 is 1.07 bits per heavy atom. The number of nitrogens with one attached hydrogen (secondary N) is 1. The maximum absolute atomic E-state index is 12.3. The number of carbonyl (C=O) groups excluding carboxylic acids is 3. The molecule has 1 saturated carbocycles. The summed E-state index contributed by atoms with van der Waals surface area (Å²) in [6.07, 6.45) is 3.15. The first kappa shape index (κ1) is 23.5. The van der Waals surface area contributed by atoms with E-state index in [1.165, 1.54) is 0 Å². The van der Waals surface area contributed by atoms with E-state index >= 15 is 0 Å². The third-order valence-corrected chi connectivity index (χ3v) is 4.58. The lowest BCUT2D eigenvalue weighted by atomic mass is 10.2.